The van der Waals surface area contributed by atoms with E-state index in [-0.39, 0.29) is 19.6 Å². The Kier molecular flexibility index (Phi) is 47.7. The maximum Gasteiger partial charge on any atom is 0.472 e. The maximum absolute atomic E-state index is 11.9. The summed E-state index contributed by atoms with van der Waals surface area (Å²) in [6.07, 6.45) is 58.3. The van der Waals surface area contributed by atoms with Crippen LogP contribution in [-0.2, 0) is 18.4 Å². The predicted molar refractivity (Wildman–Crippen MR) is 247 cm³/mol. The molecule has 0 aromatic rings. The number of carboxylic acids is 1. The molecular formula is C48H98O6P2. The summed E-state index contributed by atoms with van der Waals surface area (Å²) >= 11 is 0. The summed E-state index contributed by atoms with van der Waals surface area (Å²) in [5.41, 5.74) is 0. The largest absolute Gasteiger partial charge is 0.481 e. The fourth-order valence-corrected chi connectivity index (χ4v) is 9.81. The minimum absolute atomic E-state index is 0.119. The second kappa shape index (κ2) is 47.7. The van der Waals surface area contributed by atoms with Crippen LogP contribution in [0.3, 0.4) is 0 Å². The van der Waals surface area contributed by atoms with Crippen LogP contribution in [0.1, 0.15) is 277 Å². The van der Waals surface area contributed by atoms with Crippen molar-refractivity contribution in [3.05, 3.63) is 0 Å². The number of hydrogen-bond acceptors (Lipinski definition) is 4. The zero-order valence-corrected chi connectivity index (χ0v) is 39.4. The highest BCUT2D eigenvalue weighted by molar-refractivity contribution is 7.47. The number of phosphoric acid groups is 1. The van der Waals surface area contributed by atoms with Crippen molar-refractivity contribution in [2.45, 2.75) is 277 Å². The van der Waals surface area contributed by atoms with E-state index in [0.29, 0.717) is 19.3 Å². The van der Waals surface area contributed by atoms with Crippen molar-refractivity contribution in [2.75, 3.05) is 25.5 Å². The number of phosphoric ester groups is 1. The fourth-order valence-electron chi connectivity index (χ4n) is 7.76. The summed E-state index contributed by atoms with van der Waals surface area (Å²) in [4.78, 5) is 20.2. The third-order valence-electron chi connectivity index (χ3n) is 11.5. The Balaban J connectivity index is 3.14. The van der Waals surface area contributed by atoms with E-state index < -0.39 is 13.8 Å². The highest BCUT2D eigenvalue weighted by Gasteiger charge is 2.20. The van der Waals surface area contributed by atoms with Crippen molar-refractivity contribution in [3.8, 4) is 0 Å². The number of rotatable bonds is 50. The van der Waals surface area contributed by atoms with Gasteiger partial charge in [-0.3, -0.25) is 13.8 Å². The van der Waals surface area contributed by atoms with Gasteiger partial charge in [0.15, 0.2) is 0 Å². The molecule has 0 bridgehead atoms. The third kappa shape index (κ3) is 50.2. The molecule has 0 saturated carbocycles. The summed E-state index contributed by atoms with van der Waals surface area (Å²) in [5.74, 6) is -0.819. The van der Waals surface area contributed by atoms with Crippen LogP contribution in [0.5, 0.6) is 0 Å². The van der Waals surface area contributed by atoms with Crippen LogP contribution in [0.15, 0.2) is 0 Å². The monoisotopic (exact) mass is 833 g/mol. The molecule has 0 aliphatic heterocycles. The first-order valence-corrected chi connectivity index (χ1v) is 27.9. The van der Waals surface area contributed by atoms with Crippen molar-refractivity contribution in [1.29, 1.82) is 0 Å². The van der Waals surface area contributed by atoms with Crippen LogP contribution in [0.25, 0.3) is 0 Å². The first kappa shape index (κ1) is 56.0. The van der Waals surface area contributed by atoms with Crippen molar-refractivity contribution in [3.63, 3.8) is 0 Å². The van der Waals surface area contributed by atoms with Gasteiger partial charge in [-0.25, -0.2) is 4.57 Å². The van der Waals surface area contributed by atoms with Crippen LogP contribution in [0.4, 0.5) is 0 Å². The van der Waals surface area contributed by atoms with E-state index in [2.05, 4.69) is 6.92 Å². The quantitative estimate of drug-likeness (QED) is 0.0468. The summed E-state index contributed by atoms with van der Waals surface area (Å²) < 4.78 is 21.9. The molecule has 0 aliphatic carbocycles. The summed E-state index contributed by atoms with van der Waals surface area (Å²) in [7, 11) is -3.00. The van der Waals surface area contributed by atoms with E-state index in [1.165, 1.54) is 243 Å². The molecule has 0 aromatic carbocycles. The van der Waals surface area contributed by atoms with Crippen molar-refractivity contribution >= 4 is 22.4 Å². The van der Waals surface area contributed by atoms with Gasteiger partial charge in [0.05, 0.1) is 13.2 Å². The molecule has 0 heterocycles. The molecule has 0 saturated heterocycles. The number of hydrogen-bond donors (Lipinski definition) is 2. The lowest BCUT2D eigenvalue weighted by molar-refractivity contribution is -0.137. The van der Waals surface area contributed by atoms with Crippen LogP contribution in [0.2, 0.25) is 0 Å². The predicted octanol–water partition coefficient (Wildman–Crippen LogP) is 17.3. The van der Waals surface area contributed by atoms with Crippen LogP contribution in [-0.4, -0.2) is 41.5 Å². The second-order valence-electron chi connectivity index (χ2n) is 17.2. The third-order valence-corrected chi connectivity index (χ3v) is 13.9. The van der Waals surface area contributed by atoms with E-state index in [4.69, 9.17) is 14.2 Å². The lowest BCUT2D eigenvalue weighted by Crippen LogP contribution is -2.00. The number of aliphatic carboxylic acids is 1. The van der Waals surface area contributed by atoms with Gasteiger partial charge in [0, 0.05) is 6.42 Å². The summed E-state index contributed by atoms with van der Waals surface area (Å²) in [6.45, 7) is 2.67. The summed E-state index contributed by atoms with van der Waals surface area (Å²) in [6, 6.07) is 0. The van der Waals surface area contributed by atoms with Crippen LogP contribution in [0, 0.1) is 0 Å². The van der Waals surface area contributed by atoms with E-state index in [1.54, 1.807) is 0 Å². The smallest absolute Gasteiger partial charge is 0.472 e. The number of unbranched alkanes of at least 4 members (excludes halogenated alkanes) is 38. The van der Waals surface area contributed by atoms with E-state index in [0.717, 1.165) is 21.4 Å². The highest BCUT2D eigenvalue weighted by Crippen LogP contribution is 2.43. The number of carboxylic acid groups (broad SMARTS) is 1. The van der Waals surface area contributed by atoms with Crippen molar-refractivity contribution < 1.29 is 28.4 Å². The second-order valence-corrected chi connectivity index (χ2v) is 20.1. The van der Waals surface area contributed by atoms with Gasteiger partial charge in [0.25, 0.3) is 0 Å². The Bertz CT molecular complexity index is 813. The molecule has 0 amide bonds. The molecule has 2 unspecified atom stereocenters. The van der Waals surface area contributed by atoms with E-state index in [9.17, 15) is 14.3 Å². The van der Waals surface area contributed by atoms with Crippen molar-refractivity contribution in [1.82, 2.24) is 0 Å². The molecule has 0 radical (unpaired) electrons. The molecule has 2 atom stereocenters. The Hall–Kier alpha value is 0.0100. The molecule has 8 heteroatoms. The Labute approximate surface area is 351 Å². The first-order valence-electron chi connectivity index (χ1n) is 25.0. The van der Waals surface area contributed by atoms with Gasteiger partial charge >= 0.3 is 13.8 Å². The Morgan fingerprint density at radius 2 is 0.625 bits per heavy atom. The summed E-state index contributed by atoms with van der Waals surface area (Å²) in [5, 5.41) is 8.61. The SMILES string of the molecule is CCCCCCCCCCCCCCCCCCCCCCCCCCCCCCCCCCCCCCPCCCCOP(=O)(O)OCCCCCC(=O)O. The van der Waals surface area contributed by atoms with Gasteiger partial charge in [-0.05, 0) is 44.4 Å². The number of carbonyl (C=O) groups is 1. The molecule has 336 valence electrons. The molecular weight excluding hydrogens is 734 g/mol. The molecule has 56 heavy (non-hydrogen) atoms. The minimum Gasteiger partial charge on any atom is -0.481 e. The lowest BCUT2D eigenvalue weighted by atomic mass is 10.0. The molecule has 0 rings (SSSR count). The average Bonchev–Trinajstić information content (AvgIpc) is 3.18. The topological polar surface area (TPSA) is 93.1 Å². The Morgan fingerprint density at radius 1 is 0.393 bits per heavy atom. The maximum atomic E-state index is 11.9. The van der Waals surface area contributed by atoms with Gasteiger partial charge in [-0.15, -0.1) is 8.58 Å². The first-order chi connectivity index (χ1) is 27.5. The zero-order chi connectivity index (χ0) is 40.7. The van der Waals surface area contributed by atoms with Gasteiger partial charge in [0.1, 0.15) is 0 Å². The molecule has 6 nitrogen and oxygen atoms in total. The van der Waals surface area contributed by atoms with E-state index >= 15 is 0 Å². The standard InChI is InChI=1S/C48H98O6P2/c1-2-3-4-5-6-7-8-9-10-11-12-13-14-15-16-17-18-19-20-21-22-23-24-25-26-27-28-29-30-31-32-33-34-35-36-41-46-55-47-42-40-45-54-56(51,52)53-44-39-37-38-43-48(49)50/h55H,2-47H2,1H3,(H,49,50)(H,51,52). The van der Waals surface area contributed by atoms with Gasteiger partial charge < -0.3 is 10.00 Å². The normalized spacial score (nSPS) is 13.0. The molecule has 0 aliphatic rings. The lowest BCUT2D eigenvalue weighted by Gasteiger charge is -2.12. The molecule has 2 N–H and O–H groups in total. The van der Waals surface area contributed by atoms with Crippen LogP contribution >= 0.6 is 16.4 Å². The molecule has 0 fully saturated rings. The highest BCUT2D eigenvalue weighted by atomic mass is 31.2. The van der Waals surface area contributed by atoms with Gasteiger partial charge in [-0.2, -0.15) is 0 Å². The molecule has 0 spiro atoms. The molecule has 0 aromatic heterocycles. The van der Waals surface area contributed by atoms with Gasteiger partial charge in [-0.1, -0.05) is 238 Å². The average molecular weight is 833 g/mol. The minimum atomic E-state index is -3.98. The Morgan fingerprint density at radius 3 is 0.911 bits per heavy atom. The van der Waals surface area contributed by atoms with Crippen LogP contribution < -0.4 is 0 Å². The van der Waals surface area contributed by atoms with Gasteiger partial charge in [0.2, 0.25) is 0 Å². The fraction of sp³-hybridized carbons (Fsp3) is 0.979. The zero-order valence-electron chi connectivity index (χ0n) is 37.5. The van der Waals surface area contributed by atoms with E-state index in [1.807, 2.05) is 0 Å². The van der Waals surface area contributed by atoms with Crippen molar-refractivity contribution in [2.24, 2.45) is 0 Å².